The lowest BCUT2D eigenvalue weighted by Gasteiger charge is -2.18. The van der Waals surface area contributed by atoms with Gasteiger partial charge in [-0.3, -0.25) is 19.7 Å². The molecule has 0 saturated heterocycles. The predicted octanol–water partition coefficient (Wildman–Crippen LogP) is 2.62. The van der Waals surface area contributed by atoms with Gasteiger partial charge in [0.25, 0.3) is 11.6 Å². The van der Waals surface area contributed by atoms with E-state index in [4.69, 9.17) is 17.3 Å². The number of amides is 2. The topological polar surface area (TPSA) is 107 Å². The van der Waals surface area contributed by atoms with Crippen LogP contribution >= 0.6 is 11.6 Å². The molecule has 0 atom stereocenters. The molecule has 0 aliphatic rings. The zero-order valence-electron chi connectivity index (χ0n) is 12.7. The lowest BCUT2D eigenvalue weighted by Crippen LogP contribution is -2.26. The molecule has 2 aromatic carbocycles. The molecule has 2 amide bonds. The number of nitro benzene ring substituents is 1. The molecule has 8 heteroatoms. The fraction of sp³-hybridized carbons (Fsp3) is 0.125. The maximum atomic E-state index is 12.4. The largest absolute Gasteiger partial charge is 0.366 e. The standard InChI is InChI=1S/C16H14ClN3O4/c1-19(9-10-2-4-11(5-3-10)15(18)21)16(22)13-7-6-12(20(23)24)8-14(13)17/h2-8H,9H2,1H3,(H2,18,21). The summed E-state index contributed by atoms with van der Waals surface area (Å²) in [6.07, 6.45) is 0. The van der Waals surface area contributed by atoms with Crippen LogP contribution in [0.4, 0.5) is 5.69 Å². The van der Waals surface area contributed by atoms with Crippen molar-refractivity contribution in [1.29, 1.82) is 0 Å². The Morgan fingerprint density at radius 2 is 1.83 bits per heavy atom. The van der Waals surface area contributed by atoms with Gasteiger partial charge in [0.2, 0.25) is 5.91 Å². The van der Waals surface area contributed by atoms with Gasteiger partial charge >= 0.3 is 0 Å². The highest BCUT2D eigenvalue weighted by Gasteiger charge is 2.18. The normalized spacial score (nSPS) is 10.2. The SMILES string of the molecule is CN(Cc1ccc(C(N)=O)cc1)C(=O)c1ccc([N+](=O)[O-])cc1Cl. The van der Waals surface area contributed by atoms with Crippen molar-refractivity contribution in [3.8, 4) is 0 Å². The van der Waals surface area contributed by atoms with E-state index in [-0.39, 0.29) is 28.7 Å². The van der Waals surface area contributed by atoms with Crippen LogP contribution in [0.1, 0.15) is 26.3 Å². The minimum absolute atomic E-state index is 0.0186. The third-order valence-electron chi connectivity index (χ3n) is 3.40. The third-order valence-corrected chi connectivity index (χ3v) is 3.71. The molecule has 0 aliphatic heterocycles. The summed E-state index contributed by atoms with van der Waals surface area (Å²) >= 11 is 5.97. The Kier molecular flexibility index (Phi) is 5.15. The van der Waals surface area contributed by atoms with Crippen molar-refractivity contribution in [2.45, 2.75) is 6.54 Å². The number of non-ortho nitro benzene ring substituents is 1. The summed E-state index contributed by atoms with van der Waals surface area (Å²) in [5, 5.41) is 10.7. The summed E-state index contributed by atoms with van der Waals surface area (Å²) in [5.41, 5.74) is 6.35. The number of halogens is 1. The number of hydrogen-bond acceptors (Lipinski definition) is 4. The van der Waals surface area contributed by atoms with E-state index < -0.39 is 10.8 Å². The van der Waals surface area contributed by atoms with Crippen molar-refractivity contribution >= 4 is 29.1 Å². The first-order chi connectivity index (χ1) is 11.3. The van der Waals surface area contributed by atoms with Crippen molar-refractivity contribution in [3.63, 3.8) is 0 Å². The van der Waals surface area contributed by atoms with E-state index in [9.17, 15) is 19.7 Å². The number of nitro groups is 1. The first-order valence-corrected chi connectivity index (χ1v) is 7.25. The molecular formula is C16H14ClN3O4. The minimum Gasteiger partial charge on any atom is -0.366 e. The van der Waals surface area contributed by atoms with Gasteiger partial charge in [-0.1, -0.05) is 23.7 Å². The Bertz CT molecular complexity index is 805. The first kappa shape index (κ1) is 17.4. The quantitative estimate of drug-likeness (QED) is 0.662. The maximum absolute atomic E-state index is 12.4. The van der Waals surface area contributed by atoms with Crippen LogP contribution in [0.15, 0.2) is 42.5 Å². The van der Waals surface area contributed by atoms with E-state index in [1.165, 1.54) is 17.0 Å². The molecule has 0 spiro atoms. The Labute approximate surface area is 142 Å². The Hall–Kier alpha value is -2.93. The molecule has 0 saturated carbocycles. The van der Waals surface area contributed by atoms with E-state index in [1.54, 1.807) is 31.3 Å². The summed E-state index contributed by atoms with van der Waals surface area (Å²) in [7, 11) is 1.59. The van der Waals surface area contributed by atoms with Gasteiger partial charge in [0.15, 0.2) is 0 Å². The number of nitrogens with two attached hydrogens (primary N) is 1. The maximum Gasteiger partial charge on any atom is 0.270 e. The molecule has 0 aliphatic carbocycles. The molecule has 24 heavy (non-hydrogen) atoms. The summed E-state index contributed by atoms with van der Waals surface area (Å²) in [5.74, 6) is -0.891. The van der Waals surface area contributed by atoms with Crippen molar-refractivity contribution in [1.82, 2.24) is 4.90 Å². The number of rotatable bonds is 5. The van der Waals surface area contributed by atoms with Crippen LogP contribution in [0.2, 0.25) is 5.02 Å². The molecule has 0 radical (unpaired) electrons. The van der Waals surface area contributed by atoms with Crippen molar-refractivity contribution in [2.24, 2.45) is 5.73 Å². The van der Waals surface area contributed by atoms with Crippen LogP contribution in [0.5, 0.6) is 0 Å². The first-order valence-electron chi connectivity index (χ1n) is 6.87. The zero-order valence-corrected chi connectivity index (χ0v) is 13.5. The van der Waals surface area contributed by atoms with Crippen LogP contribution in [0.25, 0.3) is 0 Å². The molecule has 124 valence electrons. The lowest BCUT2D eigenvalue weighted by molar-refractivity contribution is -0.384. The highest BCUT2D eigenvalue weighted by molar-refractivity contribution is 6.34. The number of benzene rings is 2. The summed E-state index contributed by atoms with van der Waals surface area (Å²) in [6, 6.07) is 10.3. The number of carbonyl (C=O) groups excluding carboxylic acids is 2. The van der Waals surface area contributed by atoms with Crippen LogP contribution in [-0.4, -0.2) is 28.7 Å². The third kappa shape index (κ3) is 3.88. The van der Waals surface area contributed by atoms with Crippen molar-refractivity contribution in [2.75, 3.05) is 7.05 Å². The molecular weight excluding hydrogens is 334 g/mol. The molecule has 0 fully saturated rings. The number of hydrogen-bond donors (Lipinski definition) is 1. The summed E-state index contributed by atoms with van der Waals surface area (Å²) < 4.78 is 0. The van der Waals surface area contributed by atoms with Gasteiger partial charge in [-0.2, -0.15) is 0 Å². The Morgan fingerprint density at radius 3 is 2.33 bits per heavy atom. The molecule has 0 aromatic heterocycles. The second-order valence-electron chi connectivity index (χ2n) is 5.14. The highest BCUT2D eigenvalue weighted by Crippen LogP contribution is 2.24. The summed E-state index contributed by atoms with van der Waals surface area (Å²) in [6.45, 7) is 0.283. The van der Waals surface area contributed by atoms with Crippen molar-refractivity contribution in [3.05, 3.63) is 74.3 Å². The van der Waals surface area contributed by atoms with Gasteiger partial charge in [0.05, 0.1) is 15.5 Å². The summed E-state index contributed by atoms with van der Waals surface area (Å²) in [4.78, 5) is 35.0. The predicted molar refractivity (Wildman–Crippen MR) is 88.9 cm³/mol. The lowest BCUT2D eigenvalue weighted by atomic mass is 10.1. The van der Waals surface area contributed by atoms with Crippen LogP contribution in [-0.2, 0) is 6.54 Å². The monoisotopic (exact) mass is 347 g/mol. The number of primary amides is 1. The number of nitrogens with zero attached hydrogens (tertiary/aromatic N) is 2. The smallest absolute Gasteiger partial charge is 0.270 e. The average Bonchev–Trinajstić information content (AvgIpc) is 2.54. The molecule has 2 rings (SSSR count). The molecule has 7 nitrogen and oxygen atoms in total. The van der Waals surface area contributed by atoms with Crippen LogP contribution < -0.4 is 5.73 Å². The molecule has 2 N–H and O–H groups in total. The Balaban J connectivity index is 2.14. The number of carbonyl (C=O) groups is 2. The van der Waals surface area contributed by atoms with Gasteiger partial charge < -0.3 is 10.6 Å². The zero-order chi connectivity index (χ0) is 17.9. The Morgan fingerprint density at radius 1 is 1.21 bits per heavy atom. The highest BCUT2D eigenvalue weighted by atomic mass is 35.5. The van der Waals surface area contributed by atoms with Gasteiger partial charge in [-0.05, 0) is 23.8 Å². The van der Waals surface area contributed by atoms with Crippen LogP contribution in [0, 0.1) is 10.1 Å². The van der Waals surface area contributed by atoms with Gasteiger partial charge in [0, 0.05) is 31.3 Å². The second-order valence-corrected chi connectivity index (χ2v) is 5.55. The second kappa shape index (κ2) is 7.10. The van der Waals surface area contributed by atoms with Crippen molar-refractivity contribution < 1.29 is 14.5 Å². The molecule has 0 bridgehead atoms. The van der Waals surface area contributed by atoms with E-state index in [0.29, 0.717) is 5.56 Å². The van der Waals surface area contributed by atoms with Crippen LogP contribution in [0.3, 0.4) is 0 Å². The molecule has 0 heterocycles. The van der Waals surface area contributed by atoms with E-state index >= 15 is 0 Å². The average molecular weight is 348 g/mol. The van der Waals surface area contributed by atoms with Gasteiger partial charge in [-0.15, -0.1) is 0 Å². The van der Waals surface area contributed by atoms with E-state index in [1.807, 2.05) is 0 Å². The fourth-order valence-electron chi connectivity index (χ4n) is 2.12. The molecule has 0 unspecified atom stereocenters. The molecule has 2 aromatic rings. The van der Waals surface area contributed by atoms with E-state index in [2.05, 4.69) is 0 Å². The fourth-order valence-corrected chi connectivity index (χ4v) is 2.37. The van der Waals surface area contributed by atoms with E-state index in [0.717, 1.165) is 11.6 Å². The van der Waals surface area contributed by atoms with Gasteiger partial charge in [0.1, 0.15) is 0 Å². The minimum atomic E-state index is -0.579. The van der Waals surface area contributed by atoms with Gasteiger partial charge in [-0.25, -0.2) is 0 Å².